The highest BCUT2D eigenvalue weighted by atomic mass is 14.8. The Hall–Kier alpha value is 0.0249. The van der Waals surface area contributed by atoms with E-state index in [1.807, 2.05) is 0 Å². The zero-order valence-electron chi connectivity index (χ0n) is 6.04. The van der Waals surface area contributed by atoms with Crippen LogP contribution in [0.25, 0.3) is 0 Å². The summed E-state index contributed by atoms with van der Waals surface area (Å²) in [7, 11) is 2.22. The van der Waals surface area contributed by atoms with Crippen molar-refractivity contribution in [3.8, 4) is 0 Å². The first-order valence-corrected chi connectivity index (χ1v) is 3.62. The number of nitrogens with one attached hydrogen (secondary N) is 1. The largest absolute Gasteiger partial charge is 0.317 e. The Bertz CT molecular complexity index is 33.5. The van der Waals surface area contributed by atoms with Gasteiger partial charge in [-0.1, -0.05) is 13.2 Å². The number of hydrogen-bond acceptors (Lipinski definition) is 1. The Kier molecular flexibility index (Phi) is 7.05. The molecule has 0 atom stereocenters. The summed E-state index contributed by atoms with van der Waals surface area (Å²) in [5.41, 5.74) is 0. The maximum atomic E-state index is 3.34. The van der Waals surface area contributed by atoms with E-state index in [1.165, 1.54) is 32.3 Å². The molecule has 0 aliphatic rings. The monoisotopic (exact) mass is 113 g/mol. The molecule has 0 aromatic heterocycles. The van der Waals surface area contributed by atoms with E-state index in [4.69, 9.17) is 0 Å². The Balaban J connectivity index is 2.53. The molecule has 0 saturated carbocycles. The van der Waals surface area contributed by atoms with Crippen molar-refractivity contribution in [2.75, 3.05) is 13.1 Å². The molecule has 0 aromatic carbocycles. The second-order valence-corrected chi connectivity index (χ2v) is 2.10. The van der Waals surface area contributed by atoms with Crippen molar-refractivity contribution >= 4 is 7.85 Å². The van der Waals surface area contributed by atoms with Crippen molar-refractivity contribution in [1.82, 2.24) is 5.32 Å². The molecule has 0 unspecified atom stereocenters. The lowest BCUT2D eigenvalue weighted by Crippen LogP contribution is -2.15. The van der Waals surface area contributed by atoms with E-state index in [0.717, 1.165) is 0 Å². The fourth-order valence-corrected chi connectivity index (χ4v) is 0.604. The molecule has 8 heavy (non-hydrogen) atoms. The summed E-state index contributed by atoms with van der Waals surface area (Å²) in [5, 5.41) is 3.34. The molecule has 0 aliphatic heterocycles. The van der Waals surface area contributed by atoms with Crippen LogP contribution < -0.4 is 5.32 Å². The van der Waals surface area contributed by atoms with Gasteiger partial charge in [-0.25, -0.2) is 0 Å². The Morgan fingerprint density at radius 2 is 2.12 bits per heavy atom. The fraction of sp³-hybridized carbons (Fsp3) is 1.00. The summed E-state index contributed by atoms with van der Waals surface area (Å²) in [6, 6.07) is 0. The van der Waals surface area contributed by atoms with E-state index in [1.54, 1.807) is 0 Å². The van der Waals surface area contributed by atoms with Crippen molar-refractivity contribution in [2.45, 2.75) is 26.1 Å². The molecule has 0 saturated heterocycles. The minimum absolute atomic E-state index is 1.18. The number of rotatable bonds is 5. The van der Waals surface area contributed by atoms with E-state index in [9.17, 15) is 0 Å². The van der Waals surface area contributed by atoms with E-state index in [-0.39, 0.29) is 0 Å². The summed E-state index contributed by atoms with van der Waals surface area (Å²) in [4.78, 5) is 0. The van der Waals surface area contributed by atoms with Gasteiger partial charge < -0.3 is 5.32 Å². The van der Waals surface area contributed by atoms with Crippen LogP contribution in [0.4, 0.5) is 0 Å². The van der Waals surface area contributed by atoms with Gasteiger partial charge in [-0.2, -0.15) is 0 Å². The van der Waals surface area contributed by atoms with Gasteiger partial charge in [0.2, 0.25) is 0 Å². The van der Waals surface area contributed by atoms with Gasteiger partial charge >= 0.3 is 0 Å². The lowest BCUT2D eigenvalue weighted by molar-refractivity contribution is 0.661. The quantitative estimate of drug-likeness (QED) is 0.402. The molecule has 1 nitrogen and oxygen atoms in total. The SMILES string of the molecule is BCCCNCCC. The lowest BCUT2D eigenvalue weighted by atomic mass is 10.0. The predicted octanol–water partition coefficient (Wildman–Crippen LogP) is 0.427. The van der Waals surface area contributed by atoms with Gasteiger partial charge in [0.05, 0.1) is 0 Å². The van der Waals surface area contributed by atoms with Crippen molar-refractivity contribution in [1.29, 1.82) is 0 Å². The molecule has 1 N–H and O–H groups in total. The Labute approximate surface area is 53.3 Å². The Morgan fingerprint density at radius 1 is 1.38 bits per heavy atom. The molecule has 0 spiro atoms. The summed E-state index contributed by atoms with van der Waals surface area (Å²) >= 11 is 0. The molecule has 2 heteroatoms. The minimum Gasteiger partial charge on any atom is -0.317 e. The van der Waals surface area contributed by atoms with Gasteiger partial charge in [-0.05, 0) is 25.9 Å². The zero-order valence-corrected chi connectivity index (χ0v) is 6.04. The third-order valence-electron chi connectivity index (χ3n) is 1.13. The van der Waals surface area contributed by atoms with E-state index < -0.39 is 0 Å². The second kappa shape index (κ2) is 7.02. The van der Waals surface area contributed by atoms with Crippen molar-refractivity contribution in [2.24, 2.45) is 0 Å². The van der Waals surface area contributed by atoms with Crippen LogP contribution in [0.1, 0.15) is 19.8 Å². The van der Waals surface area contributed by atoms with Crippen LogP contribution in [0, 0.1) is 0 Å². The number of hydrogen-bond donors (Lipinski definition) is 1. The topological polar surface area (TPSA) is 12.0 Å². The van der Waals surface area contributed by atoms with Crippen LogP contribution >= 0.6 is 0 Å². The Morgan fingerprint density at radius 3 is 2.62 bits per heavy atom. The molecule has 0 radical (unpaired) electrons. The molecule has 48 valence electrons. The van der Waals surface area contributed by atoms with Gasteiger partial charge in [-0.15, -0.1) is 0 Å². The summed E-state index contributed by atoms with van der Waals surface area (Å²) in [6.45, 7) is 4.57. The first kappa shape index (κ1) is 8.02. The first-order valence-electron chi connectivity index (χ1n) is 3.62. The summed E-state index contributed by atoms with van der Waals surface area (Å²) < 4.78 is 0. The standard InChI is InChI=1S/C6H16BN/c1-2-5-8-6-3-4-7/h8H,2-7H2,1H3. The van der Waals surface area contributed by atoms with Gasteiger partial charge in [0.15, 0.2) is 0 Å². The highest BCUT2D eigenvalue weighted by molar-refractivity contribution is 6.08. The van der Waals surface area contributed by atoms with Crippen LogP contribution in [-0.2, 0) is 0 Å². The molecule has 0 aromatic rings. The molecule has 0 aliphatic carbocycles. The van der Waals surface area contributed by atoms with Gasteiger partial charge in [-0.3, -0.25) is 0 Å². The van der Waals surface area contributed by atoms with Crippen molar-refractivity contribution in [3.05, 3.63) is 0 Å². The van der Waals surface area contributed by atoms with Gasteiger partial charge in [0.25, 0.3) is 0 Å². The molecule has 0 amide bonds. The normalized spacial score (nSPS) is 9.62. The van der Waals surface area contributed by atoms with Gasteiger partial charge in [0.1, 0.15) is 7.85 Å². The van der Waals surface area contributed by atoms with E-state index in [0.29, 0.717) is 0 Å². The summed E-state index contributed by atoms with van der Waals surface area (Å²) in [5.74, 6) is 0. The van der Waals surface area contributed by atoms with E-state index >= 15 is 0 Å². The second-order valence-electron chi connectivity index (χ2n) is 2.10. The van der Waals surface area contributed by atoms with Crippen molar-refractivity contribution < 1.29 is 0 Å². The van der Waals surface area contributed by atoms with Crippen LogP contribution in [0.2, 0.25) is 6.32 Å². The predicted molar refractivity (Wildman–Crippen MR) is 41.1 cm³/mol. The third kappa shape index (κ3) is 6.02. The smallest absolute Gasteiger partial charge is 0.101 e. The fourth-order valence-electron chi connectivity index (χ4n) is 0.604. The molecule has 0 bridgehead atoms. The van der Waals surface area contributed by atoms with Crippen LogP contribution in [0.3, 0.4) is 0 Å². The minimum atomic E-state index is 1.18. The maximum absolute atomic E-state index is 3.34. The van der Waals surface area contributed by atoms with E-state index in [2.05, 4.69) is 20.1 Å². The molecule has 0 rings (SSSR count). The molecule has 0 heterocycles. The first-order chi connectivity index (χ1) is 3.91. The lowest BCUT2D eigenvalue weighted by Gasteiger charge is -1.98. The molecular formula is C6H16BN. The molecular weight excluding hydrogens is 96.9 g/mol. The van der Waals surface area contributed by atoms with Crippen LogP contribution in [0.5, 0.6) is 0 Å². The average molecular weight is 113 g/mol. The molecule has 0 fully saturated rings. The van der Waals surface area contributed by atoms with Crippen LogP contribution in [0.15, 0.2) is 0 Å². The third-order valence-corrected chi connectivity index (χ3v) is 1.13. The average Bonchev–Trinajstić information content (AvgIpc) is 1.81. The van der Waals surface area contributed by atoms with Crippen molar-refractivity contribution in [3.63, 3.8) is 0 Å². The maximum Gasteiger partial charge on any atom is 0.101 e. The zero-order chi connectivity index (χ0) is 6.24. The highest BCUT2D eigenvalue weighted by Crippen LogP contribution is 1.79. The van der Waals surface area contributed by atoms with Crippen LogP contribution in [-0.4, -0.2) is 20.9 Å². The van der Waals surface area contributed by atoms with Gasteiger partial charge in [0, 0.05) is 0 Å². The summed E-state index contributed by atoms with van der Waals surface area (Å²) in [6.07, 6.45) is 3.88. The highest BCUT2D eigenvalue weighted by Gasteiger charge is 1.80.